The van der Waals surface area contributed by atoms with E-state index in [1.807, 2.05) is 0 Å². The molecule has 1 aromatic heterocycles. The molecule has 5 nitrogen and oxygen atoms in total. The fourth-order valence-corrected chi connectivity index (χ4v) is 2.15. The molecule has 1 fully saturated rings. The van der Waals surface area contributed by atoms with E-state index in [0.29, 0.717) is 17.6 Å². The third-order valence-electron chi connectivity index (χ3n) is 3.21. The van der Waals surface area contributed by atoms with E-state index < -0.39 is 5.97 Å². The molecule has 0 aromatic carbocycles. The molecule has 1 unspecified atom stereocenters. The Morgan fingerprint density at radius 1 is 1.59 bits per heavy atom. The van der Waals surface area contributed by atoms with Crippen molar-refractivity contribution >= 4 is 11.9 Å². The van der Waals surface area contributed by atoms with Crippen LogP contribution in [0.15, 0.2) is 6.07 Å². The zero-order valence-electron chi connectivity index (χ0n) is 10.2. The van der Waals surface area contributed by atoms with Gasteiger partial charge in [-0.05, 0) is 25.3 Å². The molecular weight excluding hydrogens is 218 g/mol. The Kier molecular flexibility index (Phi) is 3.26. The van der Waals surface area contributed by atoms with Crippen LogP contribution in [0.2, 0.25) is 0 Å². The van der Waals surface area contributed by atoms with Crippen LogP contribution in [0.5, 0.6) is 0 Å². The van der Waals surface area contributed by atoms with Gasteiger partial charge in [0, 0.05) is 18.8 Å². The second kappa shape index (κ2) is 4.69. The van der Waals surface area contributed by atoms with E-state index in [4.69, 9.17) is 5.11 Å². The Morgan fingerprint density at radius 3 is 2.94 bits per heavy atom. The fraction of sp³-hybridized carbons (Fsp3) is 0.583. The summed E-state index contributed by atoms with van der Waals surface area (Å²) in [4.78, 5) is 21.4. The van der Waals surface area contributed by atoms with E-state index in [0.717, 1.165) is 25.9 Å². The molecule has 1 aliphatic heterocycles. The van der Waals surface area contributed by atoms with Gasteiger partial charge in [-0.3, -0.25) is 0 Å². The lowest BCUT2D eigenvalue weighted by atomic mass is 10.1. The maximum Gasteiger partial charge on any atom is 0.354 e. The van der Waals surface area contributed by atoms with Crippen molar-refractivity contribution in [3.63, 3.8) is 0 Å². The number of carboxylic acids is 1. The molecule has 1 saturated heterocycles. The molecule has 1 N–H and O–H groups in total. The van der Waals surface area contributed by atoms with Crippen molar-refractivity contribution in [2.24, 2.45) is 5.92 Å². The summed E-state index contributed by atoms with van der Waals surface area (Å²) < 4.78 is 0. The van der Waals surface area contributed by atoms with E-state index in [9.17, 15) is 4.79 Å². The number of hydrogen-bond acceptors (Lipinski definition) is 4. The van der Waals surface area contributed by atoms with Crippen LogP contribution < -0.4 is 4.90 Å². The van der Waals surface area contributed by atoms with Gasteiger partial charge >= 0.3 is 5.97 Å². The minimum absolute atomic E-state index is 0.0763. The van der Waals surface area contributed by atoms with Crippen molar-refractivity contribution in [3.8, 4) is 0 Å². The lowest BCUT2D eigenvalue weighted by molar-refractivity contribution is 0.0690. The predicted molar refractivity (Wildman–Crippen MR) is 64.3 cm³/mol. The molecule has 17 heavy (non-hydrogen) atoms. The Labute approximate surface area is 100 Å². The minimum Gasteiger partial charge on any atom is -0.477 e. The number of anilines is 1. The van der Waals surface area contributed by atoms with Crippen LogP contribution in [0.1, 0.15) is 35.9 Å². The SMILES string of the molecule is CCC1CCN(c2nc(C)cc(C(=O)O)n2)C1. The van der Waals surface area contributed by atoms with Crippen molar-refractivity contribution in [2.45, 2.75) is 26.7 Å². The maximum atomic E-state index is 10.9. The molecule has 2 heterocycles. The third kappa shape index (κ3) is 2.54. The van der Waals surface area contributed by atoms with Crippen molar-refractivity contribution in [2.75, 3.05) is 18.0 Å². The second-order valence-corrected chi connectivity index (χ2v) is 4.51. The number of carbonyl (C=O) groups is 1. The molecule has 0 radical (unpaired) electrons. The summed E-state index contributed by atoms with van der Waals surface area (Å²) in [6.07, 6.45) is 2.28. The van der Waals surface area contributed by atoms with E-state index >= 15 is 0 Å². The summed E-state index contributed by atoms with van der Waals surface area (Å²) in [5.74, 6) is 0.230. The van der Waals surface area contributed by atoms with Crippen molar-refractivity contribution < 1.29 is 9.90 Å². The zero-order chi connectivity index (χ0) is 12.4. The van der Waals surface area contributed by atoms with Crippen LogP contribution in [0.25, 0.3) is 0 Å². The van der Waals surface area contributed by atoms with Gasteiger partial charge in [0.15, 0.2) is 5.69 Å². The number of aromatic nitrogens is 2. The van der Waals surface area contributed by atoms with Gasteiger partial charge in [0.2, 0.25) is 5.95 Å². The first-order valence-corrected chi connectivity index (χ1v) is 5.94. The summed E-state index contributed by atoms with van der Waals surface area (Å²) >= 11 is 0. The van der Waals surface area contributed by atoms with E-state index in [2.05, 4.69) is 21.8 Å². The number of carboxylic acid groups (broad SMARTS) is 1. The summed E-state index contributed by atoms with van der Waals surface area (Å²) in [6.45, 7) is 5.82. The van der Waals surface area contributed by atoms with Gasteiger partial charge in [-0.15, -0.1) is 0 Å². The highest BCUT2D eigenvalue weighted by molar-refractivity contribution is 5.85. The number of hydrogen-bond donors (Lipinski definition) is 1. The summed E-state index contributed by atoms with van der Waals surface area (Å²) in [5.41, 5.74) is 0.778. The molecule has 1 atom stereocenters. The number of aryl methyl sites for hydroxylation is 1. The summed E-state index contributed by atoms with van der Waals surface area (Å²) in [5, 5.41) is 8.97. The monoisotopic (exact) mass is 235 g/mol. The molecule has 92 valence electrons. The van der Waals surface area contributed by atoms with Crippen LogP contribution in [-0.4, -0.2) is 34.1 Å². The van der Waals surface area contributed by atoms with Gasteiger partial charge in [0.05, 0.1) is 0 Å². The smallest absolute Gasteiger partial charge is 0.354 e. The number of nitrogens with zero attached hydrogens (tertiary/aromatic N) is 3. The average Bonchev–Trinajstić information content (AvgIpc) is 2.76. The van der Waals surface area contributed by atoms with Crippen molar-refractivity contribution in [1.82, 2.24) is 9.97 Å². The topological polar surface area (TPSA) is 66.3 Å². The largest absolute Gasteiger partial charge is 0.477 e. The molecule has 0 spiro atoms. The van der Waals surface area contributed by atoms with Gasteiger partial charge < -0.3 is 10.0 Å². The van der Waals surface area contributed by atoms with E-state index in [1.54, 1.807) is 6.92 Å². The maximum absolute atomic E-state index is 10.9. The Morgan fingerprint density at radius 2 is 2.35 bits per heavy atom. The number of rotatable bonds is 3. The van der Waals surface area contributed by atoms with E-state index in [-0.39, 0.29) is 5.69 Å². The molecule has 1 aliphatic rings. The highest BCUT2D eigenvalue weighted by atomic mass is 16.4. The number of aromatic carboxylic acids is 1. The third-order valence-corrected chi connectivity index (χ3v) is 3.21. The van der Waals surface area contributed by atoms with E-state index in [1.165, 1.54) is 6.07 Å². The first-order chi connectivity index (χ1) is 8.10. The second-order valence-electron chi connectivity index (χ2n) is 4.51. The Bertz CT molecular complexity index is 434. The summed E-state index contributed by atoms with van der Waals surface area (Å²) in [6, 6.07) is 1.50. The van der Waals surface area contributed by atoms with Crippen LogP contribution >= 0.6 is 0 Å². The molecule has 1 aromatic rings. The standard InChI is InChI=1S/C12H17N3O2/c1-3-9-4-5-15(7-9)12-13-8(2)6-10(14-12)11(16)17/h6,9H,3-5,7H2,1-2H3,(H,16,17). The predicted octanol–water partition coefficient (Wildman–Crippen LogP) is 1.72. The minimum atomic E-state index is -0.997. The average molecular weight is 235 g/mol. The van der Waals surface area contributed by atoms with Crippen molar-refractivity contribution in [3.05, 3.63) is 17.5 Å². The quantitative estimate of drug-likeness (QED) is 0.864. The van der Waals surface area contributed by atoms with Gasteiger partial charge in [-0.25, -0.2) is 14.8 Å². The first-order valence-electron chi connectivity index (χ1n) is 5.94. The Hall–Kier alpha value is -1.65. The molecule has 0 bridgehead atoms. The lowest BCUT2D eigenvalue weighted by Gasteiger charge is -2.16. The van der Waals surface area contributed by atoms with Gasteiger partial charge in [0.25, 0.3) is 0 Å². The van der Waals surface area contributed by atoms with Gasteiger partial charge in [-0.2, -0.15) is 0 Å². The van der Waals surface area contributed by atoms with Gasteiger partial charge in [0.1, 0.15) is 0 Å². The fourth-order valence-electron chi connectivity index (χ4n) is 2.15. The summed E-state index contributed by atoms with van der Waals surface area (Å²) in [7, 11) is 0. The lowest BCUT2D eigenvalue weighted by Crippen LogP contribution is -2.23. The van der Waals surface area contributed by atoms with Crippen LogP contribution in [-0.2, 0) is 0 Å². The Balaban J connectivity index is 2.24. The molecular formula is C12H17N3O2. The highest BCUT2D eigenvalue weighted by Crippen LogP contribution is 2.23. The molecule has 0 saturated carbocycles. The van der Waals surface area contributed by atoms with Crippen molar-refractivity contribution in [1.29, 1.82) is 0 Å². The van der Waals surface area contributed by atoms with Crippen LogP contribution in [0.3, 0.4) is 0 Å². The molecule has 0 aliphatic carbocycles. The highest BCUT2D eigenvalue weighted by Gasteiger charge is 2.23. The van der Waals surface area contributed by atoms with Gasteiger partial charge in [-0.1, -0.05) is 13.3 Å². The molecule has 0 amide bonds. The van der Waals surface area contributed by atoms with Crippen LogP contribution in [0, 0.1) is 12.8 Å². The molecule has 2 rings (SSSR count). The first kappa shape index (κ1) is 11.8. The van der Waals surface area contributed by atoms with Crippen LogP contribution in [0.4, 0.5) is 5.95 Å². The normalized spacial score (nSPS) is 19.6. The zero-order valence-corrected chi connectivity index (χ0v) is 10.2. The molecule has 5 heteroatoms.